The molecule has 7 nitrogen and oxygen atoms in total. The van der Waals surface area contributed by atoms with Crippen LogP contribution in [0, 0.1) is 5.82 Å². The molecular weight excluding hydrogens is 375 g/mol. The highest BCUT2D eigenvalue weighted by Gasteiger charge is 2.21. The zero-order valence-electron chi connectivity index (χ0n) is 16.1. The smallest absolute Gasteiger partial charge is 0.254 e. The molecule has 1 fully saturated rings. The number of amides is 1. The first-order valence-electron chi connectivity index (χ1n) is 9.43. The van der Waals surface area contributed by atoms with E-state index in [0.29, 0.717) is 66.5 Å². The van der Waals surface area contributed by atoms with Gasteiger partial charge in [0.15, 0.2) is 5.82 Å². The monoisotopic (exact) mass is 396 g/mol. The van der Waals surface area contributed by atoms with E-state index in [2.05, 4.69) is 15.0 Å². The van der Waals surface area contributed by atoms with Crippen molar-refractivity contribution >= 4 is 16.8 Å². The van der Waals surface area contributed by atoms with Gasteiger partial charge >= 0.3 is 0 Å². The Morgan fingerprint density at radius 1 is 1.21 bits per heavy atom. The summed E-state index contributed by atoms with van der Waals surface area (Å²) in [5.74, 6) is -0.0146. The fraction of sp³-hybridized carbons (Fsp3) is 0.333. The molecule has 3 aromatic rings. The molecule has 0 saturated carbocycles. The van der Waals surface area contributed by atoms with Crippen molar-refractivity contribution in [3.63, 3.8) is 0 Å². The summed E-state index contributed by atoms with van der Waals surface area (Å²) in [7, 11) is 1.58. The minimum Gasteiger partial charge on any atom is -0.380 e. The number of carbonyl (C=O) groups excluding carboxylic acids is 1. The number of benzene rings is 1. The van der Waals surface area contributed by atoms with Crippen LogP contribution in [-0.2, 0) is 16.1 Å². The summed E-state index contributed by atoms with van der Waals surface area (Å²) in [5.41, 5.74) is 2.18. The highest BCUT2D eigenvalue weighted by atomic mass is 19.1. The molecule has 4 rings (SSSR count). The summed E-state index contributed by atoms with van der Waals surface area (Å²) in [6.45, 7) is 2.53. The Balaban J connectivity index is 1.78. The largest absolute Gasteiger partial charge is 0.380 e. The SMILES string of the molecule is COCc1ncc(-c2cc(C(=O)N3CCCOCC3)c3cc(F)ccc3n2)cn1. The van der Waals surface area contributed by atoms with Gasteiger partial charge in [0, 0.05) is 50.1 Å². The van der Waals surface area contributed by atoms with E-state index in [-0.39, 0.29) is 5.91 Å². The molecule has 0 spiro atoms. The molecular formula is C21H21FN4O3. The molecule has 1 amide bonds. The predicted molar refractivity (Wildman–Crippen MR) is 105 cm³/mol. The van der Waals surface area contributed by atoms with Crippen molar-refractivity contribution in [3.05, 3.63) is 53.9 Å². The van der Waals surface area contributed by atoms with Crippen LogP contribution in [0.5, 0.6) is 0 Å². The molecule has 1 aliphatic heterocycles. The maximum Gasteiger partial charge on any atom is 0.254 e. The van der Waals surface area contributed by atoms with E-state index in [4.69, 9.17) is 9.47 Å². The van der Waals surface area contributed by atoms with Crippen LogP contribution >= 0.6 is 0 Å². The second-order valence-corrected chi connectivity index (χ2v) is 6.80. The first-order chi connectivity index (χ1) is 14.2. The summed E-state index contributed by atoms with van der Waals surface area (Å²) in [5, 5.41) is 0.487. The summed E-state index contributed by atoms with van der Waals surface area (Å²) < 4.78 is 24.4. The van der Waals surface area contributed by atoms with E-state index < -0.39 is 5.82 Å². The fourth-order valence-corrected chi connectivity index (χ4v) is 3.33. The number of aromatic nitrogens is 3. The van der Waals surface area contributed by atoms with E-state index in [1.165, 1.54) is 12.1 Å². The second kappa shape index (κ2) is 8.59. The Hall–Kier alpha value is -2.97. The van der Waals surface area contributed by atoms with Crippen molar-refractivity contribution in [2.45, 2.75) is 13.0 Å². The first kappa shape index (κ1) is 19.4. The summed E-state index contributed by atoms with van der Waals surface area (Å²) >= 11 is 0. The lowest BCUT2D eigenvalue weighted by atomic mass is 10.0. The summed E-state index contributed by atoms with van der Waals surface area (Å²) in [4.78, 5) is 28.1. The van der Waals surface area contributed by atoms with Gasteiger partial charge in [-0.2, -0.15) is 0 Å². The normalized spacial score (nSPS) is 14.8. The Kier molecular flexibility index (Phi) is 5.73. The Labute approximate surface area is 167 Å². The van der Waals surface area contributed by atoms with E-state index in [1.807, 2.05) is 0 Å². The molecule has 0 unspecified atom stereocenters. The molecule has 8 heteroatoms. The zero-order chi connectivity index (χ0) is 20.2. The number of ether oxygens (including phenoxy) is 2. The van der Waals surface area contributed by atoms with Crippen LogP contribution < -0.4 is 0 Å². The fourth-order valence-electron chi connectivity index (χ4n) is 3.33. The standard InChI is InChI=1S/C21H21FN4O3/c1-28-13-20-23-11-14(12-24-20)19-10-17(16-9-15(22)3-4-18(16)25-19)21(27)26-5-2-7-29-8-6-26/h3-4,9-12H,2,5-8,13H2,1H3. The van der Waals surface area contributed by atoms with Gasteiger partial charge in [-0.05, 0) is 30.7 Å². The van der Waals surface area contributed by atoms with Crippen LogP contribution in [0.2, 0.25) is 0 Å². The third kappa shape index (κ3) is 4.23. The van der Waals surface area contributed by atoms with Crippen molar-refractivity contribution in [3.8, 4) is 11.3 Å². The molecule has 1 aliphatic rings. The van der Waals surface area contributed by atoms with Crippen molar-refractivity contribution in [1.29, 1.82) is 0 Å². The molecule has 0 radical (unpaired) electrons. The number of rotatable bonds is 4. The first-order valence-corrected chi connectivity index (χ1v) is 9.43. The van der Waals surface area contributed by atoms with E-state index in [0.717, 1.165) is 6.42 Å². The molecule has 0 atom stereocenters. The van der Waals surface area contributed by atoms with Crippen LogP contribution in [0.15, 0.2) is 36.7 Å². The third-order valence-corrected chi connectivity index (χ3v) is 4.79. The lowest BCUT2D eigenvalue weighted by Crippen LogP contribution is -2.33. The molecule has 1 saturated heterocycles. The number of nitrogens with zero attached hydrogens (tertiary/aromatic N) is 4. The molecule has 3 heterocycles. The van der Waals surface area contributed by atoms with Crippen molar-refractivity contribution < 1.29 is 18.7 Å². The molecule has 1 aromatic carbocycles. The zero-order valence-corrected chi connectivity index (χ0v) is 16.1. The van der Waals surface area contributed by atoms with Gasteiger partial charge < -0.3 is 14.4 Å². The molecule has 0 N–H and O–H groups in total. The van der Waals surface area contributed by atoms with Gasteiger partial charge in [-0.3, -0.25) is 4.79 Å². The maximum atomic E-state index is 13.9. The Bertz CT molecular complexity index is 1020. The van der Waals surface area contributed by atoms with E-state index >= 15 is 0 Å². The number of halogens is 1. The summed E-state index contributed by atoms with van der Waals surface area (Å²) in [6, 6.07) is 5.96. The molecule has 0 bridgehead atoms. The number of hydrogen-bond acceptors (Lipinski definition) is 6. The van der Waals surface area contributed by atoms with Crippen LogP contribution in [0.4, 0.5) is 4.39 Å². The number of carbonyl (C=O) groups is 1. The van der Waals surface area contributed by atoms with Gasteiger partial charge in [-0.25, -0.2) is 19.3 Å². The maximum absolute atomic E-state index is 13.9. The number of hydrogen-bond donors (Lipinski definition) is 0. The van der Waals surface area contributed by atoms with Gasteiger partial charge in [-0.1, -0.05) is 0 Å². The van der Waals surface area contributed by atoms with Gasteiger partial charge in [0.05, 0.1) is 23.4 Å². The van der Waals surface area contributed by atoms with Crippen molar-refractivity contribution in [1.82, 2.24) is 19.9 Å². The average molecular weight is 396 g/mol. The topological polar surface area (TPSA) is 77.4 Å². The van der Waals surface area contributed by atoms with Crippen molar-refractivity contribution in [2.24, 2.45) is 0 Å². The van der Waals surface area contributed by atoms with Crippen LogP contribution in [-0.4, -0.2) is 59.2 Å². The second-order valence-electron chi connectivity index (χ2n) is 6.80. The minimum absolute atomic E-state index is 0.160. The predicted octanol–water partition coefficient (Wildman–Crippen LogP) is 2.84. The molecule has 0 aliphatic carbocycles. The molecule has 29 heavy (non-hydrogen) atoms. The number of pyridine rings is 1. The quantitative estimate of drug-likeness (QED) is 0.675. The Morgan fingerprint density at radius 2 is 2.03 bits per heavy atom. The Morgan fingerprint density at radius 3 is 2.83 bits per heavy atom. The lowest BCUT2D eigenvalue weighted by Gasteiger charge is -2.21. The minimum atomic E-state index is -0.410. The van der Waals surface area contributed by atoms with Crippen LogP contribution in [0.25, 0.3) is 22.2 Å². The van der Waals surface area contributed by atoms with Gasteiger partial charge in [0.1, 0.15) is 12.4 Å². The molecule has 150 valence electrons. The third-order valence-electron chi connectivity index (χ3n) is 4.79. The summed E-state index contributed by atoms with van der Waals surface area (Å²) in [6.07, 6.45) is 4.06. The van der Waals surface area contributed by atoms with Gasteiger partial charge in [-0.15, -0.1) is 0 Å². The van der Waals surface area contributed by atoms with Crippen molar-refractivity contribution in [2.75, 3.05) is 33.4 Å². The van der Waals surface area contributed by atoms with Gasteiger partial charge in [0.25, 0.3) is 5.91 Å². The highest BCUT2D eigenvalue weighted by molar-refractivity contribution is 6.07. The van der Waals surface area contributed by atoms with Crippen LogP contribution in [0.3, 0.4) is 0 Å². The van der Waals surface area contributed by atoms with Gasteiger partial charge in [0.2, 0.25) is 0 Å². The van der Waals surface area contributed by atoms with E-state index in [9.17, 15) is 9.18 Å². The lowest BCUT2D eigenvalue weighted by molar-refractivity contribution is 0.0743. The highest BCUT2D eigenvalue weighted by Crippen LogP contribution is 2.26. The number of fused-ring (bicyclic) bond motifs is 1. The average Bonchev–Trinajstić information content (AvgIpc) is 3.03. The molecule has 2 aromatic heterocycles. The van der Waals surface area contributed by atoms with E-state index in [1.54, 1.807) is 36.5 Å². The number of methoxy groups -OCH3 is 1. The van der Waals surface area contributed by atoms with Crippen LogP contribution in [0.1, 0.15) is 22.6 Å².